The second kappa shape index (κ2) is 5.70. The van der Waals surface area contributed by atoms with Gasteiger partial charge in [0.15, 0.2) is 0 Å². The molecule has 84 valence electrons. The van der Waals surface area contributed by atoms with Crippen molar-refractivity contribution in [1.29, 1.82) is 0 Å². The van der Waals surface area contributed by atoms with Crippen molar-refractivity contribution in [3.63, 3.8) is 0 Å². The maximum Gasteiger partial charge on any atom is 0.303 e. The van der Waals surface area contributed by atoms with E-state index in [1.807, 2.05) is 6.07 Å². The minimum Gasteiger partial charge on any atom is -0.481 e. The first-order valence-corrected chi connectivity index (χ1v) is 4.86. The number of nitrogens with one attached hydrogen (secondary N) is 1. The first-order valence-electron chi connectivity index (χ1n) is 4.86. The molecule has 2 N–H and O–H groups in total. The lowest BCUT2D eigenvalue weighted by Crippen LogP contribution is -2.13. The van der Waals surface area contributed by atoms with E-state index in [1.54, 1.807) is 24.3 Å². The Balaban J connectivity index is 2.55. The van der Waals surface area contributed by atoms with Crippen molar-refractivity contribution in [2.24, 2.45) is 0 Å². The van der Waals surface area contributed by atoms with Crippen LogP contribution >= 0.6 is 0 Å². The van der Waals surface area contributed by atoms with Gasteiger partial charge in [0.2, 0.25) is 5.91 Å². The molecule has 0 aliphatic carbocycles. The fraction of sp³-hybridized carbons (Fsp3) is 0.167. The maximum absolute atomic E-state index is 11.3. The van der Waals surface area contributed by atoms with Gasteiger partial charge in [-0.2, -0.15) is 0 Å². The van der Waals surface area contributed by atoms with E-state index in [2.05, 4.69) is 11.9 Å². The third kappa shape index (κ3) is 3.96. The van der Waals surface area contributed by atoms with Gasteiger partial charge in [0.05, 0.1) is 6.42 Å². The zero-order valence-electron chi connectivity index (χ0n) is 8.77. The van der Waals surface area contributed by atoms with Gasteiger partial charge in [-0.25, -0.2) is 0 Å². The summed E-state index contributed by atoms with van der Waals surface area (Å²) in [6, 6.07) is 7.17. The smallest absolute Gasteiger partial charge is 0.303 e. The van der Waals surface area contributed by atoms with Crippen molar-refractivity contribution in [2.75, 3.05) is 5.32 Å². The number of carbonyl (C=O) groups is 2. The summed E-state index contributed by atoms with van der Waals surface area (Å²) in [6.07, 6.45) is 1.49. The third-order valence-electron chi connectivity index (χ3n) is 1.97. The first-order chi connectivity index (χ1) is 7.61. The topological polar surface area (TPSA) is 66.4 Å². The first kappa shape index (κ1) is 12.0. The molecule has 0 fully saturated rings. The molecule has 0 aliphatic rings. The molecule has 0 bridgehead atoms. The monoisotopic (exact) mass is 219 g/mol. The van der Waals surface area contributed by atoms with Gasteiger partial charge in [-0.3, -0.25) is 9.59 Å². The summed E-state index contributed by atoms with van der Waals surface area (Å²) in [5.74, 6) is -1.28. The van der Waals surface area contributed by atoms with Crippen LogP contribution in [-0.4, -0.2) is 17.0 Å². The number of amides is 1. The summed E-state index contributed by atoms with van der Waals surface area (Å²) in [7, 11) is 0. The van der Waals surface area contributed by atoms with E-state index >= 15 is 0 Å². The number of anilines is 1. The summed E-state index contributed by atoms with van der Waals surface area (Å²) in [4.78, 5) is 21.6. The number of carboxylic acid groups (broad SMARTS) is 1. The molecule has 16 heavy (non-hydrogen) atoms. The number of carboxylic acids is 1. The molecule has 0 aromatic heterocycles. The number of hydrogen-bond acceptors (Lipinski definition) is 2. The Hall–Kier alpha value is -2.10. The SMILES string of the molecule is C=Cc1cccc(NC(=O)CCC(=O)O)c1. The predicted octanol–water partition coefficient (Wildman–Crippen LogP) is 2.13. The number of benzene rings is 1. The molecule has 0 spiro atoms. The fourth-order valence-electron chi connectivity index (χ4n) is 1.19. The van der Waals surface area contributed by atoms with Crippen molar-refractivity contribution >= 4 is 23.6 Å². The molecule has 0 saturated heterocycles. The molecule has 0 aliphatic heterocycles. The Labute approximate surface area is 93.6 Å². The molecule has 1 aromatic carbocycles. The molecule has 1 aromatic rings. The summed E-state index contributed by atoms with van der Waals surface area (Å²) in [6.45, 7) is 3.62. The molecule has 0 saturated carbocycles. The Morgan fingerprint density at radius 3 is 2.75 bits per heavy atom. The standard InChI is InChI=1S/C12H13NO3/c1-2-9-4-3-5-10(8-9)13-11(14)6-7-12(15)16/h2-5,8H,1,6-7H2,(H,13,14)(H,15,16). The highest BCUT2D eigenvalue weighted by Gasteiger charge is 2.05. The van der Waals surface area contributed by atoms with E-state index in [0.29, 0.717) is 5.69 Å². The predicted molar refractivity (Wildman–Crippen MR) is 62.0 cm³/mol. The highest BCUT2D eigenvalue weighted by Crippen LogP contribution is 2.11. The maximum atomic E-state index is 11.3. The zero-order chi connectivity index (χ0) is 12.0. The Bertz CT molecular complexity index is 412. The van der Waals surface area contributed by atoms with Gasteiger partial charge in [0.1, 0.15) is 0 Å². The quantitative estimate of drug-likeness (QED) is 0.797. The van der Waals surface area contributed by atoms with Crippen LogP contribution in [-0.2, 0) is 9.59 Å². The molecule has 1 amide bonds. The molecule has 1 rings (SSSR count). The average Bonchev–Trinajstić information content (AvgIpc) is 2.26. The van der Waals surface area contributed by atoms with Crippen molar-refractivity contribution < 1.29 is 14.7 Å². The lowest BCUT2D eigenvalue weighted by molar-refractivity contribution is -0.138. The van der Waals surface area contributed by atoms with Crippen LogP contribution in [0.4, 0.5) is 5.69 Å². The summed E-state index contributed by atoms with van der Waals surface area (Å²) < 4.78 is 0. The molecule has 4 nitrogen and oxygen atoms in total. The van der Waals surface area contributed by atoms with Crippen molar-refractivity contribution in [3.05, 3.63) is 36.4 Å². The molecule has 0 unspecified atom stereocenters. The molecule has 0 heterocycles. The fourth-order valence-corrected chi connectivity index (χ4v) is 1.19. The van der Waals surface area contributed by atoms with Gasteiger partial charge >= 0.3 is 5.97 Å². The number of hydrogen-bond donors (Lipinski definition) is 2. The third-order valence-corrected chi connectivity index (χ3v) is 1.97. The highest BCUT2D eigenvalue weighted by molar-refractivity contribution is 5.92. The number of carbonyl (C=O) groups excluding carboxylic acids is 1. The van der Waals surface area contributed by atoms with E-state index in [1.165, 1.54) is 0 Å². The van der Waals surface area contributed by atoms with E-state index in [-0.39, 0.29) is 18.7 Å². The van der Waals surface area contributed by atoms with Gasteiger partial charge in [0, 0.05) is 12.1 Å². The van der Waals surface area contributed by atoms with Crippen molar-refractivity contribution in [2.45, 2.75) is 12.8 Å². The van der Waals surface area contributed by atoms with Crippen LogP contribution in [0.25, 0.3) is 6.08 Å². The molecule has 0 atom stereocenters. The second-order valence-corrected chi connectivity index (χ2v) is 3.27. The van der Waals surface area contributed by atoms with E-state index in [9.17, 15) is 9.59 Å². The van der Waals surface area contributed by atoms with Gasteiger partial charge < -0.3 is 10.4 Å². The molecular weight excluding hydrogens is 206 g/mol. The van der Waals surface area contributed by atoms with Crippen LogP contribution in [0.1, 0.15) is 18.4 Å². The lowest BCUT2D eigenvalue weighted by atomic mass is 10.2. The van der Waals surface area contributed by atoms with Crippen LogP contribution in [0.2, 0.25) is 0 Å². The Morgan fingerprint density at radius 2 is 2.12 bits per heavy atom. The van der Waals surface area contributed by atoms with E-state index < -0.39 is 5.97 Å². The average molecular weight is 219 g/mol. The second-order valence-electron chi connectivity index (χ2n) is 3.27. The lowest BCUT2D eigenvalue weighted by Gasteiger charge is -2.04. The minimum absolute atomic E-state index is 0.0202. The van der Waals surface area contributed by atoms with Crippen LogP contribution in [0, 0.1) is 0 Å². The summed E-state index contributed by atoms with van der Waals surface area (Å²) in [5.41, 5.74) is 1.55. The van der Waals surface area contributed by atoms with Crippen molar-refractivity contribution in [1.82, 2.24) is 0 Å². The van der Waals surface area contributed by atoms with Crippen LogP contribution in [0.5, 0.6) is 0 Å². The summed E-state index contributed by atoms with van der Waals surface area (Å²) in [5, 5.41) is 11.0. The van der Waals surface area contributed by atoms with Gasteiger partial charge in [-0.15, -0.1) is 0 Å². The van der Waals surface area contributed by atoms with Crippen LogP contribution in [0.15, 0.2) is 30.8 Å². The van der Waals surface area contributed by atoms with Crippen LogP contribution < -0.4 is 5.32 Å². The van der Waals surface area contributed by atoms with E-state index in [4.69, 9.17) is 5.11 Å². The van der Waals surface area contributed by atoms with Gasteiger partial charge in [-0.05, 0) is 17.7 Å². The zero-order valence-corrected chi connectivity index (χ0v) is 8.77. The minimum atomic E-state index is -0.977. The number of aliphatic carboxylic acids is 1. The molecular formula is C12H13NO3. The largest absolute Gasteiger partial charge is 0.481 e. The molecule has 0 radical (unpaired) electrons. The Morgan fingerprint density at radius 1 is 1.38 bits per heavy atom. The number of rotatable bonds is 5. The van der Waals surface area contributed by atoms with Crippen molar-refractivity contribution in [3.8, 4) is 0 Å². The van der Waals surface area contributed by atoms with Crippen LogP contribution in [0.3, 0.4) is 0 Å². The highest BCUT2D eigenvalue weighted by atomic mass is 16.4. The van der Waals surface area contributed by atoms with Gasteiger partial charge in [0.25, 0.3) is 0 Å². The normalized spacial score (nSPS) is 9.50. The van der Waals surface area contributed by atoms with Gasteiger partial charge in [-0.1, -0.05) is 24.8 Å². The Kier molecular flexibility index (Phi) is 4.27. The molecule has 4 heteroatoms. The van der Waals surface area contributed by atoms with E-state index in [0.717, 1.165) is 5.56 Å². The summed E-state index contributed by atoms with van der Waals surface area (Å²) >= 11 is 0.